The Morgan fingerprint density at radius 3 is 2.88 bits per heavy atom. The number of hydrogen-bond donors (Lipinski definition) is 2. The van der Waals surface area contributed by atoms with Crippen LogP contribution >= 0.6 is 12.2 Å². The van der Waals surface area contributed by atoms with Crippen molar-refractivity contribution in [3.05, 3.63) is 23.3 Å². The minimum atomic E-state index is 0.134. The minimum Gasteiger partial charge on any atom is -0.454 e. The second-order valence-corrected chi connectivity index (χ2v) is 3.74. The van der Waals surface area contributed by atoms with Gasteiger partial charge in [-0.3, -0.25) is 5.43 Å². The van der Waals surface area contributed by atoms with Crippen molar-refractivity contribution in [2.45, 2.75) is 6.92 Å². The number of benzene rings is 1. The van der Waals surface area contributed by atoms with E-state index in [2.05, 4.69) is 22.7 Å². The number of ether oxygens (including phenoxy) is 2. The maximum Gasteiger partial charge on any atom is 0.231 e. The Morgan fingerprint density at radius 1 is 1.50 bits per heavy atom. The molecule has 0 atom stereocenters. The summed E-state index contributed by atoms with van der Waals surface area (Å²) in [4.78, 5) is 0. The third kappa shape index (κ3) is 2.22. The summed E-state index contributed by atoms with van der Waals surface area (Å²) in [6, 6.07) is 3.77. The van der Waals surface area contributed by atoms with Crippen molar-refractivity contribution in [1.82, 2.24) is 5.43 Å². The summed E-state index contributed by atoms with van der Waals surface area (Å²) in [7, 11) is 0. The first kappa shape index (κ1) is 10.7. The van der Waals surface area contributed by atoms with Gasteiger partial charge in [-0.1, -0.05) is 0 Å². The molecule has 0 aliphatic carbocycles. The zero-order valence-corrected chi connectivity index (χ0v) is 9.50. The second-order valence-electron chi connectivity index (χ2n) is 3.30. The second kappa shape index (κ2) is 4.36. The fourth-order valence-corrected chi connectivity index (χ4v) is 1.42. The summed E-state index contributed by atoms with van der Waals surface area (Å²) < 4.78 is 10.5. The summed E-state index contributed by atoms with van der Waals surface area (Å²) in [6.45, 7) is 2.23. The molecule has 1 aliphatic heterocycles. The molecule has 0 radical (unpaired) electrons. The van der Waals surface area contributed by atoms with Crippen LogP contribution in [0.15, 0.2) is 17.2 Å². The lowest BCUT2D eigenvalue weighted by atomic mass is 10.1. The van der Waals surface area contributed by atoms with Gasteiger partial charge in [0.1, 0.15) is 0 Å². The molecule has 0 unspecified atom stereocenters. The Morgan fingerprint density at radius 2 is 2.19 bits per heavy atom. The van der Waals surface area contributed by atoms with E-state index in [0.29, 0.717) is 0 Å². The molecule has 2 rings (SSSR count). The lowest BCUT2D eigenvalue weighted by molar-refractivity contribution is 0.174. The minimum absolute atomic E-state index is 0.134. The Hall–Kier alpha value is -1.82. The molecule has 0 amide bonds. The van der Waals surface area contributed by atoms with Crippen LogP contribution in [0.1, 0.15) is 11.1 Å². The molecule has 5 nitrogen and oxygen atoms in total. The van der Waals surface area contributed by atoms with E-state index < -0.39 is 0 Å². The predicted molar refractivity (Wildman–Crippen MR) is 64.8 cm³/mol. The number of nitrogens with one attached hydrogen (secondary N) is 1. The highest BCUT2D eigenvalue weighted by Gasteiger charge is 2.14. The van der Waals surface area contributed by atoms with E-state index in [0.717, 1.165) is 22.6 Å². The van der Waals surface area contributed by atoms with Crippen LogP contribution in [-0.4, -0.2) is 18.1 Å². The molecule has 0 saturated carbocycles. The molecular formula is C10H11N3O2S. The molecule has 3 N–H and O–H groups in total. The number of thiocarbonyl (C=S) groups is 1. The lowest BCUT2D eigenvalue weighted by Crippen LogP contribution is -2.24. The van der Waals surface area contributed by atoms with E-state index in [1.807, 2.05) is 19.1 Å². The number of aryl methyl sites for hydroxylation is 1. The number of hydrazone groups is 1. The van der Waals surface area contributed by atoms with Gasteiger partial charge in [0.25, 0.3) is 0 Å². The van der Waals surface area contributed by atoms with Crippen molar-refractivity contribution in [1.29, 1.82) is 0 Å². The van der Waals surface area contributed by atoms with Gasteiger partial charge < -0.3 is 15.2 Å². The highest BCUT2D eigenvalue weighted by molar-refractivity contribution is 7.80. The first-order valence-electron chi connectivity index (χ1n) is 4.65. The Kier molecular flexibility index (Phi) is 2.91. The zero-order valence-electron chi connectivity index (χ0n) is 8.69. The van der Waals surface area contributed by atoms with Gasteiger partial charge in [-0.15, -0.1) is 0 Å². The molecule has 1 aliphatic rings. The van der Waals surface area contributed by atoms with Crippen LogP contribution in [0.4, 0.5) is 0 Å². The van der Waals surface area contributed by atoms with Crippen LogP contribution < -0.4 is 20.6 Å². The third-order valence-electron chi connectivity index (χ3n) is 2.14. The maximum absolute atomic E-state index is 5.27. The smallest absolute Gasteiger partial charge is 0.231 e. The molecule has 0 spiro atoms. The molecular weight excluding hydrogens is 226 g/mol. The topological polar surface area (TPSA) is 68.9 Å². The molecule has 84 valence electrons. The summed E-state index contributed by atoms with van der Waals surface area (Å²) >= 11 is 4.63. The molecule has 0 saturated heterocycles. The average Bonchev–Trinajstić information content (AvgIpc) is 2.64. The van der Waals surface area contributed by atoms with Crippen molar-refractivity contribution in [2.75, 3.05) is 6.79 Å². The summed E-state index contributed by atoms with van der Waals surface area (Å²) in [5.74, 6) is 1.49. The van der Waals surface area contributed by atoms with Gasteiger partial charge in [0.05, 0.1) is 6.21 Å². The van der Waals surface area contributed by atoms with Crippen LogP contribution in [0.2, 0.25) is 0 Å². The van der Waals surface area contributed by atoms with Crippen LogP contribution in [0.3, 0.4) is 0 Å². The van der Waals surface area contributed by atoms with Gasteiger partial charge in [-0.2, -0.15) is 5.10 Å². The first-order chi connectivity index (χ1) is 7.66. The fourth-order valence-electron chi connectivity index (χ4n) is 1.36. The fraction of sp³-hybridized carbons (Fsp3) is 0.200. The molecule has 16 heavy (non-hydrogen) atoms. The van der Waals surface area contributed by atoms with Crippen molar-refractivity contribution >= 4 is 23.5 Å². The summed E-state index contributed by atoms with van der Waals surface area (Å²) in [5.41, 5.74) is 9.71. The van der Waals surface area contributed by atoms with Gasteiger partial charge in [0.15, 0.2) is 16.6 Å². The van der Waals surface area contributed by atoms with Crippen molar-refractivity contribution < 1.29 is 9.47 Å². The van der Waals surface area contributed by atoms with Crippen LogP contribution in [-0.2, 0) is 0 Å². The van der Waals surface area contributed by atoms with Gasteiger partial charge in [-0.25, -0.2) is 0 Å². The number of hydrogen-bond acceptors (Lipinski definition) is 4. The third-order valence-corrected chi connectivity index (χ3v) is 2.23. The first-order valence-corrected chi connectivity index (χ1v) is 5.06. The molecule has 0 bridgehead atoms. The predicted octanol–water partition coefficient (Wildman–Crippen LogP) is 0.891. The molecule has 6 heteroatoms. The van der Waals surface area contributed by atoms with E-state index in [9.17, 15) is 0 Å². The maximum atomic E-state index is 5.27. The lowest BCUT2D eigenvalue weighted by Gasteiger charge is -2.02. The number of nitrogens with two attached hydrogens (primary N) is 1. The zero-order chi connectivity index (χ0) is 11.5. The highest BCUT2D eigenvalue weighted by atomic mass is 32.1. The Labute approximate surface area is 98.2 Å². The van der Waals surface area contributed by atoms with Gasteiger partial charge in [0, 0.05) is 5.56 Å². The normalized spacial score (nSPS) is 13.1. The Bertz CT molecular complexity index is 460. The van der Waals surface area contributed by atoms with Crippen LogP contribution in [0, 0.1) is 6.92 Å². The van der Waals surface area contributed by atoms with E-state index >= 15 is 0 Å². The average molecular weight is 237 g/mol. The van der Waals surface area contributed by atoms with Gasteiger partial charge in [0.2, 0.25) is 6.79 Å². The largest absolute Gasteiger partial charge is 0.454 e. The molecule has 0 aromatic heterocycles. The number of rotatable bonds is 2. The standard InChI is InChI=1S/C10H11N3O2S/c1-6-2-8-9(15-5-14-8)3-7(6)4-12-13-10(11)16/h2-4H,5H2,1H3,(H3,11,13,16). The Balaban J connectivity index is 2.21. The van der Waals surface area contributed by atoms with Crippen molar-refractivity contribution in [3.8, 4) is 11.5 Å². The van der Waals surface area contributed by atoms with Crippen LogP contribution in [0.5, 0.6) is 11.5 Å². The monoisotopic (exact) mass is 237 g/mol. The van der Waals surface area contributed by atoms with Gasteiger partial charge in [-0.05, 0) is 36.8 Å². The quantitative estimate of drug-likeness (QED) is 0.454. The van der Waals surface area contributed by atoms with Gasteiger partial charge >= 0.3 is 0 Å². The number of nitrogens with zero attached hydrogens (tertiary/aromatic N) is 1. The molecule has 0 fully saturated rings. The van der Waals surface area contributed by atoms with E-state index in [1.165, 1.54) is 0 Å². The van der Waals surface area contributed by atoms with E-state index in [4.69, 9.17) is 15.2 Å². The van der Waals surface area contributed by atoms with E-state index in [1.54, 1.807) is 6.21 Å². The molecule has 1 aromatic carbocycles. The van der Waals surface area contributed by atoms with Crippen molar-refractivity contribution in [3.63, 3.8) is 0 Å². The van der Waals surface area contributed by atoms with E-state index in [-0.39, 0.29) is 11.9 Å². The summed E-state index contributed by atoms with van der Waals surface area (Å²) in [6.07, 6.45) is 1.64. The molecule has 1 aromatic rings. The van der Waals surface area contributed by atoms with Crippen molar-refractivity contribution in [2.24, 2.45) is 10.8 Å². The molecule has 1 heterocycles. The summed E-state index contributed by atoms with van der Waals surface area (Å²) in [5, 5.41) is 4.02. The van der Waals surface area contributed by atoms with Crippen LogP contribution in [0.25, 0.3) is 0 Å². The SMILES string of the molecule is Cc1cc2c(cc1C=NNC(N)=S)OCO2. The number of fused-ring (bicyclic) bond motifs is 1. The highest BCUT2D eigenvalue weighted by Crippen LogP contribution is 2.33.